The Kier molecular flexibility index (Phi) is 4.74. The molecule has 0 aromatic heterocycles. The summed E-state index contributed by atoms with van der Waals surface area (Å²) in [6.07, 6.45) is -0.626. The van der Waals surface area contributed by atoms with Gasteiger partial charge in [0.25, 0.3) is 0 Å². The number of benzene rings is 2. The fraction of sp³-hybridized carbons (Fsp3) is 0.300. The van der Waals surface area contributed by atoms with Crippen molar-refractivity contribution in [2.75, 3.05) is 6.61 Å². The molecule has 0 saturated heterocycles. The van der Waals surface area contributed by atoms with E-state index in [0.717, 1.165) is 11.1 Å². The van der Waals surface area contributed by atoms with Gasteiger partial charge in [0.1, 0.15) is 12.6 Å². The van der Waals surface area contributed by atoms with Gasteiger partial charge < -0.3 is 15.8 Å². The van der Waals surface area contributed by atoms with E-state index in [1.807, 2.05) is 38.1 Å². The van der Waals surface area contributed by atoms with Crippen LogP contribution in [0.1, 0.15) is 30.9 Å². The maximum atomic E-state index is 12.1. The van der Waals surface area contributed by atoms with Crippen LogP contribution in [-0.2, 0) is 9.53 Å². The highest BCUT2D eigenvalue weighted by atomic mass is 16.5. The van der Waals surface area contributed by atoms with Crippen molar-refractivity contribution in [3.8, 4) is 11.1 Å². The van der Waals surface area contributed by atoms with E-state index in [9.17, 15) is 9.59 Å². The highest BCUT2D eigenvalue weighted by Gasteiger charge is 2.29. The lowest BCUT2D eigenvalue weighted by atomic mass is 9.98. The summed E-state index contributed by atoms with van der Waals surface area (Å²) in [5, 5.41) is 2.55. The van der Waals surface area contributed by atoms with Gasteiger partial charge in [-0.25, -0.2) is 4.79 Å². The van der Waals surface area contributed by atoms with E-state index in [0.29, 0.717) is 0 Å². The molecule has 0 fully saturated rings. The fourth-order valence-electron chi connectivity index (χ4n) is 3.33. The maximum Gasteiger partial charge on any atom is 0.407 e. The number of alkyl carbamates (subject to hydrolysis) is 1. The second-order valence-electron chi connectivity index (χ2n) is 6.59. The molecular weight excluding hydrogens is 316 g/mol. The quantitative estimate of drug-likeness (QED) is 0.879. The average Bonchev–Trinajstić information content (AvgIpc) is 2.91. The van der Waals surface area contributed by atoms with Gasteiger partial charge in [-0.3, -0.25) is 4.79 Å². The number of ether oxygens (including phenoxy) is 1. The zero-order chi connectivity index (χ0) is 18.0. The van der Waals surface area contributed by atoms with Crippen LogP contribution in [0.25, 0.3) is 11.1 Å². The number of nitrogens with one attached hydrogen (secondary N) is 1. The Balaban J connectivity index is 1.73. The fourth-order valence-corrected chi connectivity index (χ4v) is 3.33. The Morgan fingerprint density at radius 3 is 2.04 bits per heavy atom. The Hall–Kier alpha value is -2.82. The van der Waals surface area contributed by atoms with Crippen LogP contribution in [0.2, 0.25) is 0 Å². The zero-order valence-corrected chi connectivity index (χ0v) is 14.4. The monoisotopic (exact) mass is 338 g/mol. The third kappa shape index (κ3) is 3.36. The molecule has 1 atom stereocenters. The lowest BCUT2D eigenvalue weighted by Crippen LogP contribution is -2.48. The van der Waals surface area contributed by atoms with Crippen molar-refractivity contribution in [2.24, 2.45) is 11.7 Å². The van der Waals surface area contributed by atoms with Gasteiger partial charge in [-0.05, 0) is 28.2 Å². The van der Waals surface area contributed by atoms with Crippen molar-refractivity contribution in [2.45, 2.75) is 25.8 Å². The lowest BCUT2D eigenvalue weighted by molar-refractivity contribution is -0.120. The molecule has 2 aromatic rings. The van der Waals surface area contributed by atoms with Gasteiger partial charge in [0.2, 0.25) is 5.91 Å². The van der Waals surface area contributed by atoms with Crippen LogP contribution in [0.5, 0.6) is 0 Å². The standard InChI is InChI=1S/C20H22N2O3/c1-12(2)18(19(21)23)22-20(24)25-11-17-15-9-5-3-7-13(15)14-8-4-6-10-16(14)17/h3-10,12,17-18H,11H2,1-2H3,(H2,21,23)(H,22,24)/t18-/m0/s1. The number of fused-ring (bicyclic) bond motifs is 3. The van der Waals surface area contributed by atoms with Crippen LogP contribution in [0.15, 0.2) is 48.5 Å². The van der Waals surface area contributed by atoms with Crippen LogP contribution in [0, 0.1) is 5.92 Å². The maximum absolute atomic E-state index is 12.1. The van der Waals surface area contributed by atoms with Crippen LogP contribution >= 0.6 is 0 Å². The zero-order valence-electron chi connectivity index (χ0n) is 14.4. The highest BCUT2D eigenvalue weighted by molar-refractivity contribution is 5.84. The van der Waals surface area contributed by atoms with Crippen LogP contribution in [0.4, 0.5) is 4.79 Å². The molecule has 0 spiro atoms. The lowest BCUT2D eigenvalue weighted by Gasteiger charge is -2.20. The summed E-state index contributed by atoms with van der Waals surface area (Å²) in [4.78, 5) is 23.5. The molecule has 0 unspecified atom stereocenters. The first-order chi connectivity index (χ1) is 12.0. The smallest absolute Gasteiger partial charge is 0.407 e. The first-order valence-electron chi connectivity index (χ1n) is 8.40. The number of rotatable bonds is 5. The van der Waals surface area contributed by atoms with Gasteiger partial charge in [-0.2, -0.15) is 0 Å². The molecule has 0 aliphatic heterocycles. The summed E-state index contributed by atoms with van der Waals surface area (Å²) >= 11 is 0. The topological polar surface area (TPSA) is 81.4 Å². The van der Waals surface area contributed by atoms with E-state index in [4.69, 9.17) is 10.5 Å². The molecule has 130 valence electrons. The predicted molar refractivity (Wildman–Crippen MR) is 96.0 cm³/mol. The minimum absolute atomic E-state index is 0.00997. The van der Waals surface area contributed by atoms with Crippen molar-refractivity contribution in [1.82, 2.24) is 5.32 Å². The van der Waals surface area contributed by atoms with E-state index in [-0.39, 0.29) is 18.4 Å². The molecular formula is C20H22N2O3. The number of hydrogen-bond acceptors (Lipinski definition) is 3. The molecule has 0 saturated carbocycles. The Morgan fingerprint density at radius 1 is 1.04 bits per heavy atom. The van der Waals surface area contributed by atoms with E-state index in [1.165, 1.54) is 11.1 Å². The SMILES string of the molecule is CC(C)[C@H](NC(=O)OCC1c2ccccc2-c2ccccc21)C(N)=O. The van der Waals surface area contributed by atoms with E-state index in [1.54, 1.807) is 0 Å². The Morgan fingerprint density at radius 2 is 1.56 bits per heavy atom. The third-order valence-electron chi connectivity index (χ3n) is 4.59. The molecule has 5 nitrogen and oxygen atoms in total. The molecule has 0 radical (unpaired) electrons. The minimum atomic E-state index is -0.740. The Bertz CT molecular complexity index is 756. The highest BCUT2D eigenvalue weighted by Crippen LogP contribution is 2.44. The largest absolute Gasteiger partial charge is 0.449 e. The van der Waals surface area contributed by atoms with Gasteiger partial charge in [0.05, 0.1) is 0 Å². The second-order valence-corrected chi connectivity index (χ2v) is 6.59. The average molecular weight is 338 g/mol. The van der Waals surface area contributed by atoms with Gasteiger partial charge in [-0.1, -0.05) is 62.4 Å². The number of carbonyl (C=O) groups is 2. The van der Waals surface area contributed by atoms with Crippen molar-refractivity contribution >= 4 is 12.0 Å². The van der Waals surface area contributed by atoms with Gasteiger partial charge in [0, 0.05) is 5.92 Å². The van der Waals surface area contributed by atoms with Crippen molar-refractivity contribution in [3.05, 3.63) is 59.7 Å². The molecule has 2 amide bonds. The van der Waals surface area contributed by atoms with E-state index in [2.05, 4.69) is 29.6 Å². The van der Waals surface area contributed by atoms with Crippen LogP contribution < -0.4 is 11.1 Å². The molecule has 1 aliphatic rings. The van der Waals surface area contributed by atoms with Crippen molar-refractivity contribution < 1.29 is 14.3 Å². The normalized spacial score (nSPS) is 13.9. The Labute approximate surface area is 147 Å². The van der Waals surface area contributed by atoms with Gasteiger partial charge in [0.15, 0.2) is 0 Å². The number of nitrogens with two attached hydrogens (primary N) is 1. The summed E-state index contributed by atoms with van der Waals surface area (Å²) in [6, 6.07) is 15.5. The molecule has 1 aliphatic carbocycles. The molecule has 3 rings (SSSR count). The predicted octanol–water partition coefficient (Wildman–Crippen LogP) is 3.04. The molecule has 0 bridgehead atoms. The number of hydrogen-bond donors (Lipinski definition) is 2. The molecule has 2 aromatic carbocycles. The number of primary amides is 1. The van der Waals surface area contributed by atoms with E-state index < -0.39 is 18.0 Å². The summed E-state index contributed by atoms with van der Waals surface area (Å²) in [5.74, 6) is -0.675. The summed E-state index contributed by atoms with van der Waals surface area (Å²) in [7, 11) is 0. The summed E-state index contributed by atoms with van der Waals surface area (Å²) in [5.41, 5.74) is 9.95. The third-order valence-corrected chi connectivity index (χ3v) is 4.59. The van der Waals surface area contributed by atoms with Gasteiger partial charge >= 0.3 is 6.09 Å². The second kappa shape index (κ2) is 6.97. The van der Waals surface area contributed by atoms with Crippen LogP contribution in [0.3, 0.4) is 0 Å². The molecule has 25 heavy (non-hydrogen) atoms. The summed E-state index contributed by atoms with van der Waals surface area (Å²) < 4.78 is 5.41. The summed E-state index contributed by atoms with van der Waals surface area (Å²) in [6.45, 7) is 3.85. The van der Waals surface area contributed by atoms with Crippen molar-refractivity contribution in [3.63, 3.8) is 0 Å². The van der Waals surface area contributed by atoms with Crippen molar-refractivity contribution in [1.29, 1.82) is 0 Å². The first kappa shape index (κ1) is 17.0. The van der Waals surface area contributed by atoms with E-state index >= 15 is 0 Å². The molecule has 3 N–H and O–H groups in total. The van der Waals surface area contributed by atoms with Gasteiger partial charge in [-0.15, -0.1) is 0 Å². The number of carbonyl (C=O) groups excluding carboxylic acids is 2. The number of amides is 2. The minimum Gasteiger partial charge on any atom is -0.449 e. The molecule has 5 heteroatoms. The molecule has 0 heterocycles. The van der Waals surface area contributed by atoms with Crippen LogP contribution in [-0.4, -0.2) is 24.6 Å². The first-order valence-corrected chi connectivity index (χ1v) is 8.40.